The number of amides is 1. The number of rotatable bonds is 6. The minimum atomic E-state index is -0.231. The Morgan fingerprint density at radius 1 is 1.31 bits per heavy atom. The highest BCUT2D eigenvalue weighted by atomic mass is 35.5. The Labute approximate surface area is 158 Å². The van der Waals surface area contributed by atoms with Gasteiger partial charge in [0, 0.05) is 18.7 Å². The van der Waals surface area contributed by atoms with Crippen LogP contribution in [-0.2, 0) is 0 Å². The summed E-state index contributed by atoms with van der Waals surface area (Å²) in [4.78, 5) is 12.4. The van der Waals surface area contributed by atoms with Gasteiger partial charge in [0.1, 0.15) is 13.2 Å². The minimum absolute atomic E-state index is 0. The zero-order valence-electron chi connectivity index (χ0n) is 15.1. The summed E-state index contributed by atoms with van der Waals surface area (Å²) in [6.07, 6.45) is 0. The zero-order valence-corrected chi connectivity index (χ0v) is 15.9. The van der Waals surface area contributed by atoms with E-state index in [4.69, 9.17) is 9.47 Å². The molecule has 2 N–H and O–H groups in total. The number of nitrogens with one attached hydrogen (secondary N) is 2. The van der Waals surface area contributed by atoms with Gasteiger partial charge in [0.05, 0.1) is 11.4 Å². The monoisotopic (exact) mass is 381 g/mol. The average Bonchev–Trinajstić information content (AvgIpc) is 3.01. The van der Waals surface area contributed by atoms with Gasteiger partial charge in [-0.3, -0.25) is 4.79 Å². The summed E-state index contributed by atoms with van der Waals surface area (Å²) in [7, 11) is 0. The Hall–Kier alpha value is -2.32. The molecule has 26 heavy (non-hydrogen) atoms. The Morgan fingerprint density at radius 2 is 2.04 bits per heavy atom. The van der Waals surface area contributed by atoms with E-state index in [-0.39, 0.29) is 24.4 Å². The van der Waals surface area contributed by atoms with Gasteiger partial charge < -0.3 is 20.1 Å². The van der Waals surface area contributed by atoms with Gasteiger partial charge in [-0.05, 0) is 32.5 Å². The van der Waals surface area contributed by atoms with Gasteiger partial charge in [0.2, 0.25) is 0 Å². The molecular formula is C17H24ClN5O3. The van der Waals surface area contributed by atoms with Crippen LogP contribution in [0.25, 0.3) is 5.69 Å². The largest absolute Gasteiger partial charge is 0.486 e. The Morgan fingerprint density at radius 3 is 2.77 bits per heavy atom. The van der Waals surface area contributed by atoms with E-state index in [0.717, 1.165) is 12.2 Å². The molecule has 2 aromatic rings. The number of nitrogens with zero attached hydrogens (tertiary/aromatic N) is 3. The lowest BCUT2D eigenvalue weighted by atomic mass is 10.2. The first-order chi connectivity index (χ1) is 12.1. The molecule has 1 atom stereocenters. The van der Waals surface area contributed by atoms with Crippen LogP contribution < -0.4 is 20.1 Å². The summed E-state index contributed by atoms with van der Waals surface area (Å²) >= 11 is 0. The maximum absolute atomic E-state index is 12.4. The van der Waals surface area contributed by atoms with Gasteiger partial charge >= 0.3 is 0 Å². The van der Waals surface area contributed by atoms with Crippen molar-refractivity contribution >= 4 is 18.3 Å². The van der Waals surface area contributed by atoms with E-state index in [9.17, 15) is 4.79 Å². The highest BCUT2D eigenvalue weighted by Crippen LogP contribution is 2.32. The fraction of sp³-hybridized carbons (Fsp3) is 0.471. The number of likely N-dealkylation sites (N-methyl/N-ethyl adjacent to an activating group) is 1. The van der Waals surface area contributed by atoms with Crippen LogP contribution in [0.2, 0.25) is 0 Å². The molecule has 3 rings (SSSR count). The molecular weight excluding hydrogens is 358 g/mol. The summed E-state index contributed by atoms with van der Waals surface area (Å²) < 4.78 is 12.7. The van der Waals surface area contributed by atoms with Crippen molar-refractivity contribution < 1.29 is 14.3 Å². The van der Waals surface area contributed by atoms with Crippen LogP contribution >= 0.6 is 12.4 Å². The number of carbonyl (C=O) groups excluding carboxylic acids is 1. The SMILES string of the molecule is CCN[C@H](C)CNC(=O)c1nnn(-c2ccc3c(c2)OCCO3)c1C.Cl. The molecule has 0 spiro atoms. The quantitative estimate of drug-likeness (QED) is 0.788. The second kappa shape index (κ2) is 8.86. The third-order valence-electron chi connectivity index (χ3n) is 4.00. The number of benzene rings is 1. The molecule has 1 aromatic carbocycles. The second-order valence-electron chi connectivity index (χ2n) is 5.93. The molecule has 1 amide bonds. The molecule has 1 aromatic heterocycles. The highest BCUT2D eigenvalue weighted by molar-refractivity contribution is 5.93. The van der Waals surface area contributed by atoms with Crippen LogP contribution in [-0.4, -0.2) is 53.2 Å². The lowest BCUT2D eigenvalue weighted by Gasteiger charge is -2.18. The Bertz CT molecular complexity index is 765. The standard InChI is InChI=1S/C17H23N5O3.ClH/c1-4-18-11(2)10-19-17(23)16-12(3)22(21-20-16)13-5-6-14-15(9-13)25-8-7-24-14;/h5-6,9,11,18H,4,7-8,10H2,1-3H3,(H,19,23);1H/t11-;/m1./s1. The predicted octanol–water partition coefficient (Wildman–Crippen LogP) is 1.50. The molecule has 0 radical (unpaired) electrons. The maximum Gasteiger partial charge on any atom is 0.273 e. The molecule has 0 aliphatic carbocycles. The van der Waals surface area contributed by atoms with Crippen molar-refractivity contribution in [1.82, 2.24) is 25.6 Å². The number of fused-ring (bicyclic) bond motifs is 1. The molecule has 2 heterocycles. The summed E-state index contributed by atoms with van der Waals surface area (Å²) in [6.45, 7) is 8.32. The normalized spacial score (nSPS) is 13.7. The van der Waals surface area contributed by atoms with Crippen LogP contribution in [0.1, 0.15) is 30.0 Å². The highest BCUT2D eigenvalue weighted by Gasteiger charge is 2.19. The fourth-order valence-electron chi connectivity index (χ4n) is 2.70. The summed E-state index contributed by atoms with van der Waals surface area (Å²) in [6, 6.07) is 5.74. The molecule has 0 unspecified atom stereocenters. The maximum atomic E-state index is 12.4. The van der Waals surface area contributed by atoms with E-state index in [2.05, 4.69) is 20.9 Å². The van der Waals surface area contributed by atoms with Gasteiger partial charge in [-0.2, -0.15) is 0 Å². The van der Waals surface area contributed by atoms with Crippen molar-refractivity contribution in [1.29, 1.82) is 0 Å². The van der Waals surface area contributed by atoms with Gasteiger partial charge in [0.25, 0.3) is 5.91 Å². The fourth-order valence-corrected chi connectivity index (χ4v) is 2.70. The third kappa shape index (κ3) is 4.25. The molecule has 8 nitrogen and oxygen atoms in total. The van der Waals surface area contributed by atoms with Crippen molar-refractivity contribution in [2.75, 3.05) is 26.3 Å². The minimum Gasteiger partial charge on any atom is -0.486 e. The summed E-state index contributed by atoms with van der Waals surface area (Å²) in [5.74, 6) is 1.15. The summed E-state index contributed by atoms with van der Waals surface area (Å²) in [5, 5.41) is 14.3. The number of halogens is 1. The molecule has 0 saturated heterocycles. The third-order valence-corrected chi connectivity index (χ3v) is 4.00. The van der Waals surface area contributed by atoms with E-state index in [0.29, 0.717) is 42.6 Å². The Balaban J connectivity index is 0.00000243. The number of carbonyl (C=O) groups is 1. The molecule has 0 fully saturated rings. The molecule has 0 saturated carbocycles. The first-order valence-electron chi connectivity index (χ1n) is 8.44. The van der Waals surface area contributed by atoms with Crippen LogP contribution in [0.3, 0.4) is 0 Å². The van der Waals surface area contributed by atoms with Crippen LogP contribution in [0.15, 0.2) is 18.2 Å². The lowest BCUT2D eigenvalue weighted by molar-refractivity contribution is 0.0944. The van der Waals surface area contributed by atoms with E-state index >= 15 is 0 Å². The molecule has 1 aliphatic rings. The van der Waals surface area contributed by atoms with E-state index in [1.807, 2.05) is 39.0 Å². The van der Waals surface area contributed by atoms with E-state index < -0.39 is 0 Å². The number of aromatic nitrogens is 3. The van der Waals surface area contributed by atoms with Gasteiger partial charge in [-0.1, -0.05) is 12.1 Å². The molecule has 1 aliphatic heterocycles. The van der Waals surface area contributed by atoms with Crippen LogP contribution in [0.4, 0.5) is 0 Å². The smallest absolute Gasteiger partial charge is 0.273 e. The zero-order chi connectivity index (χ0) is 17.8. The van der Waals surface area contributed by atoms with Crippen molar-refractivity contribution in [2.24, 2.45) is 0 Å². The van der Waals surface area contributed by atoms with Crippen molar-refractivity contribution in [3.05, 3.63) is 29.6 Å². The summed E-state index contributed by atoms with van der Waals surface area (Å²) in [5.41, 5.74) is 1.76. The molecule has 9 heteroatoms. The van der Waals surface area contributed by atoms with E-state index in [1.165, 1.54) is 0 Å². The van der Waals surface area contributed by atoms with Crippen LogP contribution in [0.5, 0.6) is 11.5 Å². The predicted molar refractivity (Wildman–Crippen MR) is 99.8 cm³/mol. The van der Waals surface area contributed by atoms with Gasteiger partial charge in [0.15, 0.2) is 17.2 Å². The number of hydrogen-bond acceptors (Lipinski definition) is 6. The average molecular weight is 382 g/mol. The first-order valence-corrected chi connectivity index (χ1v) is 8.44. The van der Waals surface area contributed by atoms with Gasteiger partial charge in [-0.25, -0.2) is 4.68 Å². The topological polar surface area (TPSA) is 90.3 Å². The van der Waals surface area contributed by atoms with Gasteiger partial charge in [-0.15, -0.1) is 17.5 Å². The molecule has 0 bridgehead atoms. The van der Waals surface area contributed by atoms with Crippen molar-refractivity contribution in [3.8, 4) is 17.2 Å². The first kappa shape index (κ1) is 20.0. The van der Waals surface area contributed by atoms with Crippen molar-refractivity contribution in [2.45, 2.75) is 26.8 Å². The van der Waals surface area contributed by atoms with E-state index in [1.54, 1.807) is 4.68 Å². The number of hydrogen-bond donors (Lipinski definition) is 2. The lowest BCUT2D eigenvalue weighted by Crippen LogP contribution is -2.39. The van der Waals surface area contributed by atoms with Crippen molar-refractivity contribution in [3.63, 3.8) is 0 Å². The Kier molecular flexibility index (Phi) is 6.82. The van der Waals surface area contributed by atoms with Crippen LogP contribution in [0, 0.1) is 6.92 Å². The number of ether oxygens (including phenoxy) is 2. The second-order valence-corrected chi connectivity index (χ2v) is 5.93. The molecule has 142 valence electrons.